The topological polar surface area (TPSA) is 55.6 Å². The summed E-state index contributed by atoms with van der Waals surface area (Å²) in [6.07, 6.45) is 2.12. The zero-order valence-electron chi connectivity index (χ0n) is 11.7. The monoisotopic (exact) mass is 262 g/mol. The Morgan fingerprint density at radius 3 is 3.00 bits per heavy atom. The molecule has 0 aliphatic carbocycles. The summed E-state index contributed by atoms with van der Waals surface area (Å²) in [7, 11) is 1.60. The molecule has 1 unspecified atom stereocenters. The Bertz CT molecular complexity index is 459. The molecule has 1 aliphatic rings. The van der Waals surface area contributed by atoms with Crippen LogP contribution in [0.25, 0.3) is 0 Å². The average molecular weight is 262 g/mol. The van der Waals surface area contributed by atoms with Gasteiger partial charge in [-0.15, -0.1) is 0 Å². The van der Waals surface area contributed by atoms with Gasteiger partial charge in [0.25, 0.3) is 0 Å². The number of ketones is 1. The molecule has 4 heteroatoms. The van der Waals surface area contributed by atoms with Gasteiger partial charge in [0.2, 0.25) is 0 Å². The van der Waals surface area contributed by atoms with E-state index in [9.17, 15) is 4.79 Å². The van der Waals surface area contributed by atoms with Crippen LogP contribution in [0, 0.1) is 6.92 Å². The minimum Gasteiger partial charge on any atom is -0.496 e. The van der Waals surface area contributed by atoms with Crippen molar-refractivity contribution in [2.45, 2.75) is 25.8 Å². The number of nitrogens with two attached hydrogens (primary N) is 1. The number of Topliss-reactive ketones (excluding diaryl/α,β-unsaturated/α-hetero) is 1. The maximum atomic E-state index is 12.3. The number of nitrogens with zero attached hydrogens (tertiary/aromatic N) is 1. The molecule has 1 aliphatic heterocycles. The number of benzene rings is 1. The maximum absolute atomic E-state index is 12.3. The smallest absolute Gasteiger partial charge is 0.180 e. The van der Waals surface area contributed by atoms with E-state index in [1.54, 1.807) is 7.11 Å². The van der Waals surface area contributed by atoms with Gasteiger partial charge in [-0.05, 0) is 44.0 Å². The molecular formula is C15H22N2O2. The fourth-order valence-corrected chi connectivity index (χ4v) is 2.55. The second-order valence-electron chi connectivity index (χ2n) is 5.26. The first-order valence-electron chi connectivity index (χ1n) is 6.76. The molecule has 2 N–H and O–H groups in total. The van der Waals surface area contributed by atoms with E-state index < -0.39 is 0 Å². The van der Waals surface area contributed by atoms with E-state index in [4.69, 9.17) is 10.5 Å². The van der Waals surface area contributed by atoms with E-state index in [1.807, 2.05) is 25.1 Å². The standard InChI is InChI=1S/C15H22N2O2/c1-11-5-6-13(15(8-11)19-2)14(18)10-17-7-3-4-12(16)9-17/h5-6,8,12H,3-4,7,9-10,16H2,1-2H3. The Labute approximate surface area is 114 Å². The molecule has 1 aromatic carbocycles. The molecule has 0 aromatic heterocycles. The number of aryl methyl sites for hydroxylation is 1. The summed E-state index contributed by atoms with van der Waals surface area (Å²) in [4.78, 5) is 14.5. The fraction of sp³-hybridized carbons (Fsp3) is 0.533. The van der Waals surface area contributed by atoms with Crippen LogP contribution in [0.15, 0.2) is 18.2 Å². The van der Waals surface area contributed by atoms with Crippen LogP contribution in [0.4, 0.5) is 0 Å². The third-order valence-electron chi connectivity index (χ3n) is 3.57. The van der Waals surface area contributed by atoms with Crippen LogP contribution in [-0.4, -0.2) is 43.5 Å². The lowest BCUT2D eigenvalue weighted by molar-refractivity contribution is 0.0905. The summed E-state index contributed by atoms with van der Waals surface area (Å²) in [5, 5.41) is 0. The number of hydrogen-bond donors (Lipinski definition) is 1. The lowest BCUT2D eigenvalue weighted by Crippen LogP contribution is -2.44. The quantitative estimate of drug-likeness (QED) is 0.838. The first-order valence-corrected chi connectivity index (χ1v) is 6.76. The molecule has 0 spiro atoms. The first kappa shape index (κ1) is 14.0. The predicted molar refractivity (Wildman–Crippen MR) is 75.7 cm³/mol. The first-order chi connectivity index (χ1) is 9.10. The summed E-state index contributed by atoms with van der Waals surface area (Å²) >= 11 is 0. The number of hydrogen-bond acceptors (Lipinski definition) is 4. The van der Waals surface area contributed by atoms with Crippen LogP contribution in [-0.2, 0) is 0 Å². The van der Waals surface area contributed by atoms with Gasteiger partial charge in [-0.1, -0.05) is 6.07 Å². The van der Waals surface area contributed by atoms with E-state index in [1.165, 1.54) is 0 Å². The van der Waals surface area contributed by atoms with Crippen LogP contribution in [0.1, 0.15) is 28.8 Å². The van der Waals surface area contributed by atoms with Crippen LogP contribution in [0.5, 0.6) is 5.75 Å². The largest absolute Gasteiger partial charge is 0.496 e. The van der Waals surface area contributed by atoms with Crippen molar-refractivity contribution < 1.29 is 9.53 Å². The van der Waals surface area contributed by atoms with Crippen LogP contribution in [0.3, 0.4) is 0 Å². The van der Waals surface area contributed by atoms with E-state index >= 15 is 0 Å². The molecule has 2 rings (SSSR count). The lowest BCUT2D eigenvalue weighted by atomic mass is 10.0. The summed E-state index contributed by atoms with van der Waals surface area (Å²) in [6, 6.07) is 5.88. The van der Waals surface area contributed by atoms with Crippen molar-refractivity contribution in [3.8, 4) is 5.75 Å². The average Bonchev–Trinajstić information content (AvgIpc) is 2.38. The molecule has 0 amide bonds. The highest BCUT2D eigenvalue weighted by molar-refractivity contribution is 6.00. The third-order valence-corrected chi connectivity index (χ3v) is 3.57. The van der Waals surface area contributed by atoms with Crippen LogP contribution in [0.2, 0.25) is 0 Å². The van der Waals surface area contributed by atoms with Crippen molar-refractivity contribution in [2.75, 3.05) is 26.7 Å². The molecule has 1 saturated heterocycles. The van der Waals surface area contributed by atoms with Crippen LogP contribution < -0.4 is 10.5 Å². The van der Waals surface area contributed by atoms with Crippen molar-refractivity contribution in [2.24, 2.45) is 5.73 Å². The second kappa shape index (κ2) is 6.17. The summed E-state index contributed by atoms with van der Waals surface area (Å²) in [5.41, 5.74) is 7.69. The highest BCUT2D eigenvalue weighted by Crippen LogP contribution is 2.21. The highest BCUT2D eigenvalue weighted by Gasteiger charge is 2.21. The molecular weight excluding hydrogens is 240 g/mol. The molecule has 4 nitrogen and oxygen atoms in total. The van der Waals surface area contributed by atoms with Gasteiger partial charge in [0.15, 0.2) is 5.78 Å². The Balaban J connectivity index is 2.07. The SMILES string of the molecule is COc1cc(C)ccc1C(=O)CN1CCCC(N)C1. The molecule has 0 radical (unpaired) electrons. The Morgan fingerprint density at radius 2 is 2.32 bits per heavy atom. The lowest BCUT2D eigenvalue weighted by Gasteiger charge is -2.30. The number of likely N-dealkylation sites (tertiary alicyclic amines) is 1. The second-order valence-corrected chi connectivity index (χ2v) is 5.26. The molecule has 1 atom stereocenters. The predicted octanol–water partition coefficient (Wildman–Crippen LogP) is 1.61. The number of piperidine rings is 1. The molecule has 0 saturated carbocycles. The maximum Gasteiger partial charge on any atom is 0.180 e. The summed E-state index contributed by atoms with van der Waals surface area (Å²) < 4.78 is 5.29. The zero-order valence-corrected chi connectivity index (χ0v) is 11.7. The number of carbonyl (C=O) groups is 1. The van der Waals surface area contributed by atoms with Gasteiger partial charge in [0.05, 0.1) is 19.2 Å². The van der Waals surface area contributed by atoms with Gasteiger partial charge in [-0.2, -0.15) is 0 Å². The zero-order chi connectivity index (χ0) is 13.8. The summed E-state index contributed by atoms with van der Waals surface area (Å²) in [6.45, 7) is 4.17. The number of methoxy groups -OCH3 is 1. The van der Waals surface area contributed by atoms with Crippen LogP contribution >= 0.6 is 0 Å². The van der Waals surface area contributed by atoms with Gasteiger partial charge < -0.3 is 10.5 Å². The molecule has 1 fully saturated rings. The Kier molecular flexibility index (Phi) is 4.56. The van der Waals surface area contributed by atoms with Crippen molar-refractivity contribution in [3.05, 3.63) is 29.3 Å². The van der Waals surface area contributed by atoms with Crippen molar-refractivity contribution in [3.63, 3.8) is 0 Å². The number of carbonyl (C=O) groups excluding carboxylic acids is 1. The number of ether oxygens (including phenoxy) is 1. The third kappa shape index (κ3) is 3.55. The van der Waals surface area contributed by atoms with Crippen molar-refractivity contribution in [1.82, 2.24) is 4.90 Å². The van der Waals surface area contributed by atoms with Gasteiger partial charge in [0.1, 0.15) is 5.75 Å². The van der Waals surface area contributed by atoms with Gasteiger partial charge >= 0.3 is 0 Å². The van der Waals surface area contributed by atoms with Gasteiger partial charge in [-0.3, -0.25) is 9.69 Å². The highest BCUT2D eigenvalue weighted by atomic mass is 16.5. The minimum absolute atomic E-state index is 0.103. The fourth-order valence-electron chi connectivity index (χ4n) is 2.55. The van der Waals surface area contributed by atoms with E-state index in [0.29, 0.717) is 17.9 Å². The molecule has 1 heterocycles. The van der Waals surface area contributed by atoms with Crippen molar-refractivity contribution in [1.29, 1.82) is 0 Å². The van der Waals surface area contributed by atoms with E-state index in [0.717, 1.165) is 31.5 Å². The molecule has 0 bridgehead atoms. The van der Waals surface area contributed by atoms with Gasteiger partial charge in [-0.25, -0.2) is 0 Å². The van der Waals surface area contributed by atoms with E-state index in [-0.39, 0.29) is 11.8 Å². The van der Waals surface area contributed by atoms with E-state index in [2.05, 4.69) is 4.90 Å². The molecule has 19 heavy (non-hydrogen) atoms. The normalized spacial score (nSPS) is 20.3. The van der Waals surface area contributed by atoms with Gasteiger partial charge in [0, 0.05) is 12.6 Å². The molecule has 1 aromatic rings. The number of rotatable bonds is 4. The molecule has 104 valence electrons. The minimum atomic E-state index is 0.103. The van der Waals surface area contributed by atoms with Crippen molar-refractivity contribution >= 4 is 5.78 Å². The summed E-state index contributed by atoms with van der Waals surface area (Å²) in [5.74, 6) is 0.761. The Hall–Kier alpha value is -1.39. The Morgan fingerprint density at radius 1 is 1.53 bits per heavy atom.